The van der Waals surface area contributed by atoms with Gasteiger partial charge in [0.1, 0.15) is 0 Å². The van der Waals surface area contributed by atoms with Gasteiger partial charge in [0.25, 0.3) is 0 Å². The Morgan fingerprint density at radius 1 is 0.679 bits per heavy atom. The summed E-state index contributed by atoms with van der Waals surface area (Å²) < 4.78 is 0. The van der Waals surface area contributed by atoms with Crippen molar-refractivity contribution in [3.63, 3.8) is 0 Å². The van der Waals surface area contributed by atoms with Gasteiger partial charge in [-0.05, 0) is 6.42 Å². The third-order valence-corrected chi connectivity index (χ3v) is 5.72. The summed E-state index contributed by atoms with van der Waals surface area (Å²) in [5, 5.41) is 11.7. The Kier molecular flexibility index (Phi) is 21.9. The van der Waals surface area contributed by atoms with Gasteiger partial charge in [-0.1, -0.05) is 129 Å². The second-order valence-corrected chi connectivity index (χ2v) is 8.54. The van der Waals surface area contributed by atoms with Crippen LogP contribution in [0.15, 0.2) is 0 Å². The Morgan fingerprint density at radius 2 is 1.00 bits per heavy atom. The molecule has 0 aliphatic carbocycles. The molecule has 0 rings (SSSR count). The van der Waals surface area contributed by atoms with Crippen LogP contribution in [0.4, 0.5) is 4.79 Å². The number of unbranched alkanes of at least 4 members (excludes halogenated alkanes) is 18. The summed E-state index contributed by atoms with van der Waals surface area (Å²) in [5.41, 5.74) is 5.08. The first-order valence-corrected chi connectivity index (χ1v) is 12.4. The number of primary amides is 1. The maximum atomic E-state index is 10.8. The molecule has 1 atom stereocenters. The summed E-state index contributed by atoms with van der Waals surface area (Å²) in [6.07, 6.45) is 26.9. The van der Waals surface area contributed by atoms with Crippen molar-refractivity contribution in [3.8, 4) is 0 Å². The minimum absolute atomic E-state index is 0.0258. The molecule has 0 fully saturated rings. The van der Waals surface area contributed by atoms with Crippen LogP contribution in [-0.4, -0.2) is 23.8 Å². The van der Waals surface area contributed by atoms with Crippen molar-refractivity contribution in [2.24, 2.45) is 5.73 Å². The Balaban J connectivity index is 3.13. The van der Waals surface area contributed by atoms with Gasteiger partial charge in [0.15, 0.2) is 0 Å². The third-order valence-electron chi connectivity index (χ3n) is 5.72. The van der Waals surface area contributed by atoms with Gasteiger partial charge in [-0.15, -0.1) is 0 Å². The normalized spacial score (nSPS) is 12.2. The Bertz CT molecular complexity index is 324. The molecule has 0 aromatic heterocycles. The second kappa shape index (κ2) is 22.5. The van der Waals surface area contributed by atoms with Gasteiger partial charge >= 0.3 is 6.03 Å². The van der Waals surface area contributed by atoms with Crippen LogP contribution in [0, 0.1) is 0 Å². The molecule has 0 saturated carbocycles. The predicted molar refractivity (Wildman–Crippen MR) is 122 cm³/mol. The number of hydrogen-bond donors (Lipinski definition) is 3. The molecule has 0 radical (unpaired) electrons. The molecule has 4 nitrogen and oxygen atoms in total. The molecule has 0 spiro atoms. The summed E-state index contributed by atoms with van der Waals surface area (Å²) in [6.45, 7) is 2.26. The number of rotatable bonds is 22. The maximum absolute atomic E-state index is 10.8. The van der Waals surface area contributed by atoms with Crippen LogP contribution < -0.4 is 11.1 Å². The van der Waals surface area contributed by atoms with E-state index >= 15 is 0 Å². The number of hydrogen-bond acceptors (Lipinski definition) is 2. The van der Waals surface area contributed by atoms with E-state index in [1.54, 1.807) is 0 Å². The van der Waals surface area contributed by atoms with Crippen LogP contribution in [0.25, 0.3) is 0 Å². The number of nitrogens with two attached hydrogens (primary N) is 1. The van der Waals surface area contributed by atoms with Gasteiger partial charge in [0, 0.05) is 0 Å². The lowest BCUT2D eigenvalue weighted by molar-refractivity contribution is 0.217. The van der Waals surface area contributed by atoms with Gasteiger partial charge in [-0.3, -0.25) is 0 Å². The van der Waals surface area contributed by atoms with Crippen molar-refractivity contribution >= 4 is 6.03 Å². The molecular formula is C24H50N2O2. The molecule has 168 valence electrons. The van der Waals surface area contributed by atoms with Gasteiger partial charge in [0.05, 0.1) is 12.6 Å². The summed E-state index contributed by atoms with van der Waals surface area (Å²) in [7, 11) is 0. The molecule has 0 aromatic carbocycles. The van der Waals surface area contributed by atoms with Gasteiger partial charge in [-0.2, -0.15) is 0 Å². The zero-order valence-electron chi connectivity index (χ0n) is 18.9. The van der Waals surface area contributed by atoms with Crippen molar-refractivity contribution in [2.75, 3.05) is 6.61 Å². The Morgan fingerprint density at radius 3 is 1.29 bits per heavy atom. The average molecular weight is 399 g/mol. The zero-order valence-corrected chi connectivity index (χ0v) is 18.9. The largest absolute Gasteiger partial charge is 0.394 e. The van der Waals surface area contributed by atoms with E-state index in [0.717, 1.165) is 12.8 Å². The minimum Gasteiger partial charge on any atom is -0.394 e. The maximum Gasteiger partial charge on any atom is 0.312 e. The molecule has 0 bridgehead atoms. The van der Waals surface area contributed by atoms with Crippen molar-refractivity contribution in [2.45, 2.75) is 141 Å². The molecule has 0 heterocycles. The standard InChI is InChI=1S/C24H50N2O2/c1-2-3-4-5-6-7-8-9-10-11-12-13-14-15-16-17-18-19-20-21-23(22-27)26-24(25)28/h23,27H,2-22H2,1H3,(H3,25,26,28). The summed E-state index contributed by atoms with van der Waals surface area (Å²) in [4.78, 5) is 10.8. The lowest BCUT2D eigenvalue weighted by atomic mass is 10.0. The van der Waals surface area contributed by atoms with E-state index in [2.05, 4.69) is 12.2 Å². The van der Waals surface area contributed by atoms with E-state index in [9.17, 15) is 4.79 Å². The smallest absolute Gasteiger partial charge is 0.312 e. The summed E-state index contributed by atoms with van der Waals surface area (Å²) in [6, 6.07) is -0.722. The second-order valence-electron chi connectivity index (χ2n) is 8.54. The fourth-order valence-electron chi connectivity index (χ4n) is 3.88. The third kappa shape index (κ3) is 21.5. The van der Waals surface area contributed by atoms with Gasteiger partial charge < -0.3 is 16.2 Å². The molecule has 4 heteroatoms. The highest BCUT2D eigenvalue weighted by atomic mass is 16.3. The first-order chi connectivity index (χ1) is 13.7. The lowest BCUT2D eigenvalue weighted by Gasteiger charge is -2.14. The number of urea groups is 1. The SMILES string of the molecule is CCCCCCCCCCCCCCCCCCCCCC(CO)NC(N)=O. The lowest BCUT2D eigenvalue weighted by Crippen LogP contribution is -2.40. The molecule has 0 saturated heterocycles. The van der Waals surface area contributed by atoms with E-state index in [-0.39, 0.29) is 12.6 Å². The summed E-state index contributed by atoms with van der Waals surface area (Å²) >= 11 is 0. The van der Waals surface area contributed by atoms with Crippen molar-refractivity contribution in [1.82, 2.24) is 5.32 Å². The van der Waals surface area contributed by atoms with Crippen LogP contribution in [0.2, 0.25) is 0 Å². The number of amides is 2. The summed E-state index contributed by atoms with van der Waals surface area (Å²) in [5.74, 6) is 0. The van der Waals surface area contributed by atoms with E-state index in [1.165, 1.54) is 116 Å². The predicted octanol–water partition coefficient (Wildman–Crippen LogP) is 6.84. The van der Waals surface area contributed by atoms with E-state index in [4.69, 9.17) is 10.8 Å². The van der Waals surface area contributed by atoms with E-state index < -0.39 is 6.03 Å². The molecule has 4 N–H and O–H groups in total. The van der Waals surface area contributed by atoms with Gasteiger partial charge in [-0.25, -0.2) is 4.79 Å². The molecule has 0 aliphatic rings. The monoisotopic (exact) mass is 398 g/mol. The number of carbonyl (C=O) groups excluding carboxylic acids is 1. The first kappa shape index (κ1) is 27.2. The number of nitrogens with one attached hydrogen (secondary N) is 1. The van der Waals surface area contributed by atoms with E-state index in [0.29, 0.717) is 0 Å². The quantitative estimate of drug-likeness (QED) is 0.175. The molecule has 0 aliphatic heterocycles. The highest BCUT2D eigenvalue weighted by molar-refractivity contribution is 5.71. The molecule has 0 aromatic rings. The highest BCUT2D eigenvalue weighted by Crippen LogP contribution is 2.15. The van der Waals surface area contributed by atoms with Crippen molar-refractivity contribution in [3.05, 3.63) is 0 Å². The topological polar surface area (TPSA) is 75.3 Å². The highest BCUT2D eigenvalue weighted by Gasteiger charge is 2.07. The van der Waals surface area contributed by atoms with Gasteiger partial charge in [0.2, 0.25) is 0 Å². The average Bonchev–Trinajstić information content (AvgIpc) is 2.68. The first-order valence-electron chi connectivity index (χ1n) is 12.4. The Labute approximate surface area is 175 Å². The van der Waals surface area contributed by atoms with Crippen LogP contribution in [-0.2, 0) is 0 Å². The van der Waals surface area contributed by atoms with E-state index in [1.807, 2.05) is 0 Å². The number of carbonyl (C=O) groups is 1. The van der Waals surface area contributed by atoms with Crippen molar-refractivity contribution in [1.29, 1.82) is 0 Å². The molecule has 28 heavy (non-hydrogen) atoms. The number of aliphatic hydroxyl groups is 1. The minimum atomic E-state index is -0.545. The Hall–Kier alpha value is -0.770. The fraction of sp³-hybridized carbons (Fsp3) is 0.958. The fourth-order valence-corrected chi connectivity index (χ4v) is 3.88. The van der Waals surface area contributed by atoms with Crippen LogP contribution in [0.1, 0.15) is 135 Å². The molecule has 1 unspecified atom stereocenters. The van der Waals surface area contributed by atoms with Crippen LogP contribution >= 0.6 is 0 Å². The number of aliphatic hydroxyl groups excluding tert-OH is 1. The molecule has 2 amide bonds. The van der Waals surface area contributed by atoms with Crippen LogP contribution in [0.5, 0.6) is 0 Å². The zero-order chi connectivity index (χ0) is 20.7. The van der Waals surface area contributed by atoms with Crippen molar-refractivity contribution < 1.29 is 9.90 Å². The van der Waals surface area contributed by atoms with Crippen LogP contribution in [0.3, 0.4) is 0 Å². The molecular weight excluding hydrogens is 348 g/mol.